The number of rotatable bonds is 4. The molecule has 0 spiro atoms. The van der Waals surface area contributed by atoms with Crippen molar-refractivity contribution >= 4 is 11.8 Å². The van der Waals surface area contributed by atoms with Crippen molar-refractivity contribution in [3.63, 3.8) is 0 Å². The van der Waals surface area contributed by atoms with E-state index in [1.807, 2.05) is 35.1 Å². The summed E-state index contributed by atoms with van der Waals surface area (Å²) in [6.45, 7) is 4.40. The molecule has 2 amide bonds. The molecule has 2 aromatic rings. The van der Waals surface area contributed by atoms with Crippen molar-refractivity contribution in [2.75, 3.05) is 18.4 Å². The summed E-state index contributed by atoms with van der Waals surface area (Å²) >= 11 is 0. The molecule has 0 radical (unpaired) electrons. The number of carbonyl (C=O) groups is 1. The van der Waals surface area contributed by atoms with Crippen LogP contribution in [0, 0.1) is 0 Å². The van der Waals surface area contributed by atoms with E-state index in [0.29, 0.717) is 5.92 Å². The molecule has 1 unspecified atom stereocenters. The van der Waals surface area contributed by atoms with Crippen LogP contribution in [0.2, 0.25) is 0 Å². The van der Waals surface area contributed by atoms with Gasteiger partial charge in [0.1, 0.15) is 5.82 Å². The second-order valence-corrected chi connectivity index (χ2v) is 5.75. The van der Waals surface area contributed by atoms with Crippen LogP contribution in [0.15, 0.2) is 24.7 Å². The predicted molar refractivity (Wildman–Crippen MR) is 83.7 cm³/mol. The maximum Gasteiger partial charge on any atom is 0.323 e. The molecule has 0 aromatic carbocycles. The number of hydrogen-bond acceptors (Lipinski definition) is 3. The fraction of sp³-hybridized carbons (Fsp3) is 0.533. The van der Waals surface area contributed by atoms with Gasteiger partial charge in [0.25, 0.3) is 0 Å². The second-order valence-electron chi connectivity index (χ2n) is 5.75. The summed E-state index contributed by atoms with van der Waals surface area (Å²) in [5.41, 5.74) is 1.20. The summed E-state index contributed by atoms with van der Waals surface area (Å²) in [5.74, 6) is 1.14. The van der Waals surface area contributed by atoms with Crippen molar-refractivity contribution < 1.29 is 4.79 Å². The molecule has 7 heteroatoms. The first kappa shape index (κ1) is 14.6. The Bertz CT molecular complexity index is 646. The molecule has 1 atom stereocenters. The molecule has 3 rings (SSSR count). The highest BCUT2D eigenvalue weighted by Gasteiger charge is 2.28. The van der Waals surface area contributed by atoms with Gasteiger partial charge in [0, 0.05) is 44.9 Å². The quantitative estimate of drug-likeness (QED) is 0.940. The zero-order chi connectivity index (χ0) is 15.5. The van der Waals surface area contributed by atoms with E-state index in [1.165, 1.54) is 5.56 Å². The molecule has 2 aromatic heterocycles. The van der Waals surface area contributed by atoms with Crippen molar-refractivity contribution in [1.82, 2.24) is 24.5 Å². The third-order valence-electron chi connectivity index (χ3n) is 4.06. The normalized spacial score (nSPS) is 17.9. The van der Waals surface area contributed by atoms with Gasteiger partial charge in [-0.2, -0.15) is 10.2 Å². The first-order valence-electron chi connectivity index (χ1n) is 7.73. The molecule has 3 heterocycles. The molecular formula is C15H22N6O. The van der Waals surface area contributed by atoms with E-state index in [4.69, 9.17) is 0 Å². The standard InChI is InChI=1S/C15H22N6O/c1-3-7-21-14(4-6-16-21)18-15(22)20-8-5-12(11-20)13-9-17-19(2)10-13/h4,6,9-10,12H,3,5,7-8,11H2,1-2H3,(H,18,22). The highest BCUT2D eigenvalue weighted by molar-refractivity contribution is 5.88. The van der Waals surface area contributed by atoms with Gasteiger partial charge in [0.05, 0.1) is 12.4 Å². The molecule has 0 aliphatic carbocycles. The topological polar surface area (TPSA) is 68.0 Å². The Morgan fingerprint density at radius 2 is 2.32 bits per heavy atom. The summed E-state index contributed by atoms with van der Waals surface area (Å²) < 4.78 is 3.63. The molecule has 7 nitrogen and oxygen atoms in total. The first-order chi connectivity index (χ1) is 10.7. The second kappa shape index (κ2) is 6.21. The molecule has 118 valence electrons. The Labute approximate surface area is 129 Å². The Morgan fingerprint density at radius 3 is 3.05 bits per heavy atom. The lowest BCUT2D eigenvalue weighted by molar-refractivity contribution is 0.221. The molecule has 0 bridgehead atoms. The van der Waals surface area contributed by atoms with Gasteiger partial charge in [-0.1, -0.05) is 6.92 Å². The largest absolute Gasteiger partial charge is 0.324 e. The van der Waals surface area contributed by atoms with Gasteiger partial charge < -0.3 is 4.90 Å². The Hall–Kier alpha value is -2.31. The van der Waals surface area contributed by atoms with Crippen LogP contribution in [-0.2, 0) is 13.6 Å². The van der Waals surface area contributed by atoms with Crippen LogP contribution in [0.25, 0.3) is 0 Å². The minimum atomic E-state index is -0.0516. The smallest absolute Gasteiger partial charge is 0.323 e. The Kier molecular flexibility index (Phi) is 4.13. The summed E-state index contributed by atoms with van der Waals surface area (Å²) in [4.78, 5) is 14.3. The van der Waals surface area contributed by atoms with Crippen molar-refractivity contribution in [1.29, 1.82) is 0 Å². The van der Waals surface area contributed by atoms with Gasteiger partial charge in [-0.15, -0.1) is 0 Å². The monoisotopic (exact) mass is 302 g/mol. The number of likely N-dealkylation sites (tertiary alicyclic amines) is 1. The fourth-order valence-corrected chi connectivity index (χ4v) is 2.89. The van der Waals surface area contributed by atoms with Crippen molar-refractivity contribution in [2.24, 2.45) is 7.05 Å². The lowest BCUT2D eigenvalue weighted by Gasteiger charge is -2.17. The van der Waals surface area contributed by atoms with E-state index in [9.17, 15) is 4.79 Å². The van der Waals surface area contributed by atoms with E-state index in [-0.39, 0.29) is 6.03 Å². The number of aromatic nitrogens is 4. The first-order valence-corrected chi connectivity index (χ1v) is 7.73. The maximum atomic E-state index is 12.4. The average molecular weight is 302 g/mol. The highest BCUT2D eigenvalue weighted by atomic mass is 16.2. The third kappa shape index (κ3) is 2.98. The summed E-state index contributed by atoms with van der Waals surface area (Å²) in [6.07, 6.45) is 7.60. The number of aryl methyl sites for hydroxylation is 2. The van der Waals surface area contributed by atoms with Crippen molar-refractivity contribution in [3.05, 3.63) is 30.2 Å². The third-order valence-corrected chi connectivity index (χ3v) is 4.06. The zero-order valence-corrected chi connectivity index (χ0v) is 13.1. The number of nitrogens with one attached hydrogen (secondary N) is 1. The minimum Gasteiger partial charge on any atom is -0.324 e. The Morgan fingerprint density at radius 1 is 1.45 bits per heavy atom. The van der Waals surface area contributed by atoms with E-state index < -0.39 is 0 Å². The molecular weight excluding hydrogens is 280 g/mol. The maximum absolute atomic E-state index is 12.4. The van der Waals surface area contributed by atoms with Crippen LogP contribution >= 0.6 is 0 Å². The van der Waals surface area contributed by atoms with E-state index >= 15 is 0 Å². The van der Waals surface area contributed by atoms with Gasteiger partial charge in [0.15, 0.2) is 0 Å². The fourth-order valence-electron chi connectivity index (χ4n) is 2.89. The van der Waals surface area contributed by atoms with Crippen LogP contribution in [-0.4, -0.2) is 43.6 Å². The van der Waals surface area contributed by atoms with Crippen LogP contribution in [0.1, 0.15) is 31.2 Å². The van der Waals surface area contributed by atoms with Gasteiger partial charge in [-0.05, 0) is 18.4 Å². The highest BCUT2D eigenvalue weighted by Crippen LogP contribution is 2.27. The van der Waals surface area contributed by atoms with Crippen LogP contribution in [0.3, 0.4) is 0 Å². The van der Waals surface area contributed by atoms with Gasteiger partial charge in [-0.3, -0.25) is 10.00 Å². The summed E-state index contributed by atoms with van der Waals surface area (Å²) in [7, 11) is 1.91. The number of nitrogens with zero attached hydrogens (tertiary/aromatic N) is 5. The number of amides is 2. The molecule has 22 heavy (non-hydrogen) atoms. The van der Waals surface area contributed by atoms with Crippen LogP contribution < -0.4 is 5.32 Å². The predicted octanol–water partition coefficient (Wildman–Crippen LogP) is 2.05. The Balaban J connectivity index is 1.60. The summed E-state index contributed by atoms with van der Waals surface area (Å²) in [6, 6.07) is 1.78. The minimum absolute atomic E-state index is 0.0516. The molecule has 1 saturated heterocycles. The van der Waals surface area contributed by atoms with Crippen molar-refractivity contribution in [3.8, 4) is 0 Å². The molecule has 1 N–H and O–H groups in total. The van der Waals surface area contributed by atoms with Crippen LogP contribution in [0.4, 0.5) is 10.6 Å². The lowest BCUT2D eigenvalue weighted by Crippen LogP contribution is -2.33. The lowest BCUT2D eigenvalue weighted by atomic mass is 10.0. The van der Waals surface area contributed by atoms with Gasteiger partial charge in [0.2, 0.25) is 0 Å². The zero-order valence-electron chi connectivity index (χ0n) is 13.1. The van der Waals surface area contributed by atoms with Crippen LogP contribution in [0.5, 0.6) is 0 Å². The van der Waals surface area contributed by atoms with Gasteiger partial charge >= 0.3 is 6.03 Å². The van der Waals surface area contributed by atoms with E-state index in [2.05, 4.69) is 22.4 Å². The molecule has 1 aliphatic rings. The molecule has 1 aliphatic heterocycles. The SMILES string of the molecule is CCCn1nccc1NC(=O)N1CCC(c2cnn(C)c2)C1. The molecule has 0 saturated carbocycles. The number of carbonyl (C=O) groups excluding carboxylic acids is 1. The summed E-state index contributed by atoms with van der Waals surface area (Å²) in [5, 5.41) is 11.4. The number of anilines is 1. The number of hydrogen-bond donors (Lipinski definition) is 1. The molecule has 1 fully saturated rings. The number of urea groups is 1. The van der Waals surface area contributed by atoms with E-state index in [0.717, 1.165) is 38.3 Å². The van der Waals surface area contributed by atoms with E-state index in [1.54, 1.807) is 10.9 Å². The van der Waals surface area contributed by atoms with Gasteiger partial charge in [-0.25, -0.2) is 9.48 Å². The van der Waals surface area contributed by atoms with Crippen molar-refractivity contribution in [2.45, 2.75) is 32.2 Å². The average Bonchev–Trinajstić information content (AvgIpc) is 3.20.